The summed E-state index contributed by atoms with van der Waals surface area (Å²) in [4.78, 5) is 17.4. The van der Waals surface area contributed by atoms with E-state index in [1.807, 2.05) is 62.4 Å². The quantitative estimate of drug-likeness (QED) is 0.713. The lowest BCUT2D eigenvalue weighted by Crippen LogP contribution is -2.24. The van der Waals surface area contributed by atoms with E-state index in [-0.39, 0.29) is 12.3 Å². The molecule has 1 N–H and O–H groups in total. The molecule has 0 saturated carbocycles. The summed E-state index contributed by atoms with van der Waals surface area (Å²) < 4.78 is 11.2. The van der Waals surface area contributed by atoms with Crippen molar-refractivity contribution >= 4 is 11.6 Å². The predicted molar refractivity (Wildman–Crippen MR) is 111 cm³/mol. The number of hydrogen-bond acceptors (Lipinski definition) is 5. The Bertz CT molecular complexity index is 1070. The lowest BCUT2D eigenvalue weighted by molar-refractivity contribution is -0.121. The van der Waals surface area contributed by atoms with Gasteiger partial charge >= 0.3 is 0 Å². The molecule has 148 valence electrons. The summed E-state index contributed by atoms with van der Waals surface area (Å²) in [6.45, 7) is 4.38. The van der Waals surface area contributed by atoms with Gasteiger partial charge in [0, 0.05) is 17.7 Å². The van der Waals surface area contributed by atoms with Crippen LogP contribution in [0.5, 0.6) is 5.75 Å². The van der Waals surface area contributed by atoms with E-state index in [4.69, 9.17) is 14.3 Å². The highest BCUT2D eigenvalue weighted by Gasteiger charge is 2.31. The molecule has 2 heterocycles. The Morgan fingerprint density at radius 1 is 1.17 bits per heavy atom. The Hall–Kier alpha value is -3.41. The van der Waals surface area contributed by atoms with Crippen molar-refractivity contribution in [3.63, 3.8) is 0 Å². The number of nitrogens with one attached hydrogen (secondary N) is 1. The third-order valence-electron chi connectivity index (χ3n) is 5.03. The minimum atomic E-state index is -0.466. The van der Waals surface area contributed by atoms with Crippen molar-refractivity contribution in [2.75, 3.05) is 13.7 Å². The largest absolute Gasteiger partial charge is 0.497 e. The number of carbonyl (C=O) groups excluding carboxylic acids is 1. The van der Waals surface area contributed by atoms with Crippen LogP contribution in [-0.4, -0.2) is 30.4 Å². The zero-order chi connectivity index (χ0) is 20.4. The number of aromatic nitrogens is 1. The molecule has 6 nitrogen and oxygen atoms in total. The van der Waals surface area contributed by atoms with E-state index in [1.165, 1.54) is 0 Å². The lowest BCUT2D eigenvalue weighted by Gasteiger charge is -2.13. The average molecular weight is 389 g/mol. The normalized spacial score (nSPS) is 15.0. The Kier molecular flexibility index (Phi) is 5.16. The fourth-order valence-corrected chi connectivity index (χ4v) is 3.70. The SMILES string of the molecule is CCNC(=O)C[C@@H]1N=C(c2ccccc2)c2cc(OC)ccc2-c2c(C)noc21. The summed E-state index contributed by atoms with van der Waals surface area (Å²) in [5.41, 5.74) is 5.35. The smallest absolute Gasteiger partial charge is 0.222 e. The van der Waals surface area contributed by atoms with Gasteiger partial charge in [0.05, 0.1) is 30.5 Å². The van der Waals surface area contributed by atoms with Gasteiger partial charge in [-0.3, -0.25) is 9.79 Å². The highest BCUT2D eigenvalue weighted by molar-refractivity contribution is 6.17. The van der Waals surface area contributed by atoms with Gasteiger partial charge < -0.3 is 14.6 Å². The molecular formula is C23H23N3O3. The number of nitrogens with zero attached hydrogens (tertiary/aromatic N) is 2. The molecule has 0 saturated heterocycles. The van der Waals surface area contributed by atoms with Crippen LogP contribution in [0.2, 0.25) is 0 Å². The van der Waals surface area contributed by atoms with Crippen LogP contribution in [0.25, 0.3) is 11.1 Å². The molecule has 1 aliphatic rings. The van der Waals surface area contributed by atoms with Crippen LogP contribution < -0.4 is 10.1 Å². The number of ether oxygens (including phenoxy) is 1. The van der Waals surface area contributed by atoms with Crippen molar-refractivity contribution in [2.24, 2.45) is 4.99 Å². The fraction of sp³-hybridized carbons (Fsp3) is 0.261. The number of fused-ring (bicyclic) bond motifs is 3. The number of amides is 1. The van der Waals surface area contributed by atoms with E-state index >= 15 is 0 Å². The average Bonchev–Trinajstić information content (AvgIpc) is 3.06. The molecule has 0 radical (unpaired) electrons. The molecule has 4 rings (SSSR count). The van der Waals surface area contributed by atoms with Gasteiger partial charge in [-0.25, -0.2) is 0 Å². The Morgan fingerprint density at radius 2 is 1.97 bits per heavy atom. The zero-order valence-electron chi connectivity index (χ0n) is 16.7. The third kappa shape index (κ3) is 3.53. The summed E-state index contributed by atoms with van der Waals surface area (Å²) in [6, 6.07) is 15.4. The first-order chi connectivity index (χ1) is 14.1. The molecule has 0 spiro atoms. The van der Waals surface area contributed by atoms with Crippen molar-refractivity contribution in [1.82, 2.24) is 10.5 Å². The highest BCUT2D eigenvalue weighted by Crippen LogP contribution is 2.41. The van der Waals surface area contributed by atoms with Gasteiger partial charge in [-0.05, 0) is 37.6 Å². The van der Waals surface area contributed by atoms with E-state index in [0.717, 1.165) is 39.4 Å². The molecule has 0 unspecified atom stereocenters. The molecule has 3 aromatic rings. The standard InChI is InChI=1S/C23H23N3O3/c1-4-24-20(27)13-19-23-21(14(2)26-29-23)17-11-10-16(28-3)12-18(17)22(25-19)15-8-6-5-7-9-15/h5-12,19H,4,13H2,1-3H3,(H,24,27)/t19-/m0/s1. The summed E-state index contributed by atoms with van der Waals surface area (Å²) >= 11 is 0. The number of rotatable bonds is 5. The zero-order valence-corrected chi connectivity index (χ0v) is 16.7. The molecule has 1 amide bonds. The summed E-state index contributed by atoms with van der Waals surface area (Å²) in [5, 5.41) is 7.03. The molecule has 1 aliphatic heterocycles. The monoisotopic (exact) mass is 389 g/mol. The molecule has 0 bridgehead atoms. The number of benzene rings is 2. The van der Waals surface area contributed by atoms with Crippen molar-refractivity contribution in [3.8, 4) is 16.9 Å². The van der Waals surface area contributed by atoms with Crippen LogP contribution in [0.3, 0.4) is 0 Å². The molecule has 0 fully saturated rings. The number of aliphatic imine (C=N–C) groups is 1. The first-order valence-corrected chi connectivity index (χ1v) is 9.67. The maximum atomic E-state index is 12.4. The molecular weight excluding hydrogens is 366 g/mol. The van der Waals surface area contributed by atoms with Gasteiger partial charge in [-0.1, -0.05) is 35.5 Å². The van der Waals surface area contributed by atoms with E-state index in [9.17, 15) is 4.79 Å². The van der Waals surface area contributed by atoms with E-state index in [1.54, 1.807) is 7.11 Å². The number of methoxy groups -OCH3 is 1. The first kappa shape index (κ1) is 18.9. The molecule has 6 heteroatoms. The number of carbonyl (C=O) groups is 1. The second-order valence-electron chi connectivity index (χ2n) is 6.94. The lowest BCUT2D eigenvalue weighted by atomic mass is 9.92. The van der Waals surface area contributed by atoms with Gasteiger partial charge in [0.1, 0.15) is 11.8 Å². The number of aryl methyl sites for hydroxylation is 1. The van der Waals surface area contributed by atoms with Gasteiger partial charge in [-0.2, -0.15) is 0 Å². The maximum Gasteiger partial charge on any atom is 0.222 e. The van der Waals surface area contributed by atoms with E-state index < -0.39 is 6.04 Å². The Morgan fingerprint density at radius 3 is 2.69 bits per heavy atom. The van der Waals surface area contributed by atoms with E-state index in [0.29, 0.717) is 12.3 Å². The second kappa shape index (κ2) is 7.91. The van der Waals surface area contributed by atoms with Crippen LogP contribution in [0.15, 0.2) is 58.0 Å². The molecule has 1 aromatic heterocycles. The first-order valence-electron chi connectivity index (χ1n) is 9.67. The summed E-state index contributed by atoms with van der Waals surface area (Å²) in [7, 11) is 1.64. The van der Waals surface area contributed by atoms with Crippen LogP contribution in [0.1, 0.15) is 42.0 Å². The van der Waals surface area contributed by atoms with Gasteiger partial charge in [0.25, 0.3) is 0 Å². The van der Waals surface area contributed by atoms with Gasteiger partial charge in [0.2, 0.25) is 5.91 Å². The minimum absolute atomic E-state index is 0.0720. The molecule has 29 heavy (non-hydrogen) atoms. The van der Waals surface area contributed by atoms with Crippen molar-refractivity contribution in [1.29, 1.82) is 0 Å². The second-order valence-corrected chi connectivity index (χ2v) is 6.94. The minimum Gasteiger partial charge on any atom is -0.497 e. The molecule has 0 aliphatic carbocycles. The maximum absolute atomic E-state index is 12.4. The molecule has 1 atom stereocenters. The Labute approximate surface area is 169 Å². The van der Waals surface area contributed by atoms with E-state index in [2.05, 4.69) is 10.5 Å². The van der Waals surface area contributed by atoms with Gasteiger partial charge in [-0.15, -0.1) is 0 Å². The number of hydrogen-bond donors (Lipinski definition) is 1. The highest BCUT2D eigenvalue weighted by atomic mass is 16.5. The van der Waals surface area contributed by atoms with Crippen molar-refractivity contribution in [2.45, 2.75) is 26.3 Å². The van der Waals surface area contributed by atoms with Crippen LogP contribution in [0, 0.1) is 6.92 Å². The van der Waals surface area contributed by atoms with Gasteiger partial charge in [0.15, 0.2) is 5.76 Å². The Balaban J connectivity index is 1.96. The summed E-state index contributed by atoms with van der Waals surface area (Å²) in [5.74, 6) is 1.29. The molecule has 2 aromatic carbocycles. The van der Waals surface area contributed by atoms with Crippen molar-refractivity contribution < 1.29 is 14.1 Å². The predicted octanol–water partition coefficient (Wildman–Crippen LogP) is 4.08. The van der Waals surface area contributed by atoms with Crippen molar-refractivity contribution in [3.05, 3.63) is 71.1 Å². The third-order valence-corrected chi connectivity index (χ3v) is 5.03. The van der Waals surface area contributed by atoms with Crippen LogP contribution >= 0.6 is 0 Å². The fourth-order valence-electron chi connectivity index (χ4n) is 3.70. The van der Waals surface area contributed by atoms with Crippen LogP contribution in [-0.2, 0) is 4.79 Å². The topological polar surface area (TPSA) is 76.7 Å². The van der Waals surface area contributed by atoms with Crippen LogP contribution in [0.4, 0.5) is 0 Å². The summed E-state index contributed by atoms with van der Waals surface area (Å²) in [6.07, 6.45) is 0.191.